The molecular formula is C47H62B5N14O21P4. The van der Waals surface area contributed by atoms with Gasteiger partial charge in [0.15, 0.2) is 34.1 Å². The molecule has 4 amide bonds. The van der Waals surface area contributed by atoms with Crippen LogP contribution in [-0.2, 0) is 55.9 Å². The van der Waals surface area contributed by atoms with Crippen LogP contribution in [0, 0.1) is 5.92 Å². The lowest BCUT2D eigenvalue weighted by Gasteiger charge is -2.23. The van der Waals surface area contributed by atoms with Gasteiger partial charge in [-0.25, -0.2) is 14.8 Å². The smallest absolute Gasteiger partial charge is 0.407 e. The molecule has 2 aliphatic heterocycles. The van der Waals surface area contributed by atoms with Crippen LogP contribution in [0.2, 0.25) is 0 Å². The second kappa shape index (κ2) is 30.0. The highest BCUT2D eigenvalue weighted by atomic mass is 31.2. The molecule has 6 heterocycles. The van der Waals surface area contributed by atoms with Crippen molar-refractivity contribution in [2.45, 2.75) is 95.3 Å². The number of anilines is 2. The van der Waals surface area contributed by atoms with E-state index in [4.69, 9.17) is 67.7 Å². The number of H-pyrrole nitrogens is 2. The highest BCUT2D eigenvalue weighted by molar-refractivity contribution is 7.70. The topological polar surface area (TPSA) is 531 Å². The largest absolute Gasteiger partial charge is 0.449 e. The normalized spacial score (nSPS) is 20.7. The maximum Gasteiger partial charge on any atom is 0.407 e. The van der Waals surface area contributed by atoms with Gasteiger partial charge in [-0.2, -0.15) is 9.97 Å². The standard InChI is InChI=1S/C33H39N7O12P2.C14H23N7O9P2.B5/c1-17(2)29(41)38-32-37-28-27(31(43)39-32)34-15-40(28)26-12-24(25(52-26)14-51-54(48,49)16-53(45,46)47)36-30(42)18(3)35-33(44)50-13-23-21-10-6-4-8-19(21)20-9-5-7-11-22(20)23;1-6(15)12(22)18-7-2-9(21-4-17-10-11(21)19-14(16)20-13(10)23)30-8(7)3-29-32(27,28)5-31(24,25)26;1-4-5(2)3/h4-11,15,17-18,23-26H,12-14,16H2,1-3H3,(H,35,44)(H,36,42)(H,48,49)(H2,45,46,47)(H2,37,38,39,41,43);4,6-9H,2-3,5,15H2,1H3,(H,18,22)(H,27,28)(H2,24,25,26)(H3,16,19,20,23);/t18?,24-,25?,26?;6?,7-,8?,9?;/m00./s1. The van der Waals surface area contributed by atoms with Gasteiger partial charge >= 0.3 is 36.5 Å². The molecule has 7 radical (unpaired) electrons. The lowest BCUT2D eigenvalue weighted by Crippen LogP contribution is -2.51. The number of fused-ring (bicyclic) bond motifs is 5. The van der Waals surface area contributed by atoms with E-state index in [-0.39, 0.29) is 59.6 Å². The Balaban J connectivity index is 0.000000269. The van der Waals surface area contributed by atoms with Crippen molar-refractivity contribution >= 4 is 125 Å². The Morgan fingerprint density at radius 3 is 1.63 bits per heavy atom. The molecule has 6 aromatic rings. The number of carbonyl (C=O) groups excluding carboxylic acids is 4. The quantitative estimate of drug-likeness (QED) is 0.0286. The fourth-order valence-corrected chi connectivity index (χ4v) is 14.6. The van der Waals surface area contributed by atoms with E-state index < -0.39 is 151 Å². The molecule has 9 rings (SSSR count). The van der Waals surface area contributed by atoms with Gasteiger partial charge in [-0.3, -0.25) is 66.7 Å². The monoisotopic (exact) mass is 1340 g/mol. The Labute approximate surface area is 521 Å². The number of benzene rings is 2. The second-order valence-corrected chi connectivity index (χ2v) is 29.3. The molecule has 4 aromatic heterocycles. The van der Waals surface area contributed by atoms with Crippen molar-refractivity contribution in [3.8, 4) is 11.1 Å². The first-order chi connectivity index (χ1) is 42.5. The number of imidazole rings is 2. The molecular weight excluding hydrogens is 1270 g/mol. The number of aromatic nitrogens is 8. The van der Waals surface area contributed by atoms with Crippen molar-refractivity contribution in [1.82, 2.24) is 55.0 Å². The van der Waals surface area contributed by atoms with E-state index in [0.717, 1.165) is 22.3 Å². The number of hydrogen-bond donors (Lipinski definition) is 14. The van der Waals surface area contributed by atoms with Crippen LogP contribution >= 0.6 is 30.4 Å². The molecule has 16 N–H and O–H groups in total. The van der Waals surface area contributed by atoms with Crippen LogP contribution in [0.15, 0.2) is 70.8 Å². The van der Waals surface area contributed by atoms with E-state index in [2.05, 4.69) is 51.2 Å². The third kappa shape index (κ3) is 19.5. The van der Waals surface area contributed by atoms with E-state index in [0.29, 0.717) is 0 Å². The fourth-order valence-electron chi connectivity index (χ4n) is 9.46. The number of nitrogens with one attached hydrogen (secondary N) is 6. The minimum Gasteiger partial charge on any atom is -0.449 e. The summed E-state index contributed by atoms with van der Waals surface area (Å²) in [6.45, 7) is 4.93. The zero-order valence-corrected chi connectivity index (χ0v) is 52.4. The van der Waals surface area contributed by atoms with E-state index in [1.165, 1.54) is 42.7 Å². The first-order valence-electron chi connectivity index (χ1n) is 27.4. The number of nitrogen functional groups attached to an aromatic ring is 1. The third-order valence-electron chi connectivity index (χ3n) is 13.7. The van der Waals surface area contributed by atoms with Crippen molar-refractivity contribution in [1.29, 1.82) is 0 Å². The molecule has 2 fully saturated rings. The molecule has 91 heavy (non-hydrogen) atoms. The van der Waals surface area contributed by atoms with Gasteiger partial charge in [0.25, 0.3) is 11.1 Å². The van der Waals surface area contributed by atoms with Gasteiger partial charge in [0, 0.05) is 61.3 Å². The summed E-state index contributed by atoms with van der Waals surface area (Å²) in [6.07, 6.45) is -2.73. The van der Waals surface area contributed by atoms with E-state index >= 15 is 0 Å². The van der Waals surface area contributed by atoms with Crippen LogP contribution in [0.25, 0.3) is 33.5 Å². The Kier molecular flexibility index (Phi) is 23.7. The summed E-state index contributed by atoms with van der Waals surface area (Å²) in [7, 11) is -3.44. The van der Waals surface area contributed by atoms with Gasteiger partial charge in [0.05, 0.1) is 44.0 Å². The van der Waals surface area contributed by atoms with Gasteiger partial charge < -0.3 is 80.0 Å². The molecule has 3 aliphatic rings. The van der Waals surface area contributed by atoms with Gasteiger partial charge in [-0.15, -0.1) is 0 Å². The molecule has 0 bridgehead atoms. The number of hydrogen-bond acceptors (Lipinski definition) is 21. The maximum atomic E-state index is 13.4. The predicted molar refractivity (Wildman–Crippen MR) is 331 cm³/mol. The predicted octanol–water partition coefficient (Wildman–Crippen LogP) is -0.995. The minimum atomic E-state index is -4.95. The molecule has 2 saturated heterocycles. The fraction of sp³-hybridized carbons (Fsp3) is 0.447. The molecule has 44 heteroatoms. The Hall–Kier alpha value is -6.58. The van der Waals surface area contributed by atoms with Crippen LogP contribution in [0.4, 0.5) is 16.7 Å². The Morgan fingerprint density at radius 2 is 1.18 bits per heavy atom. The summed E-state index contributed by atoms with van der Waals surface area (Å²) in [5.74, 6) is -5.37. The van der Waals surface area contributed by atoms with Crippen molar-refractivity contribution in [2.24, 2.45) is 11.7 Å². The molecule has 10 atom stereocenters. The Bertz CT molecular complexity index is 3920. The molecule has 8 unspecified atom stereocenters. The summed E-state index contributed by atoms with van der Waals surface area (Å²) in [5, 5.41) is 10.4. The summed E-state index contributed by atoms with van der Waals surface area (Å²) in [5.41, 5.74) is 14.1. The average Bonchev–Trinajstić information content (AvgIpc) is 1.65. The van der Waals surface area contributed by atoms with E-state index in [1.807, 2.05) is 48.5 Å². The van der Waals surface area contributed by atoms with Crippen LogP contribution in [0.5, 0.6) is 0 Å². The SMILES string of the molecule is CC(C)C(=O)Nc1nc2c(ncn2C2C[C@H](NC(=O)C(C)NC(=O)OCC3c4ccccc4-c4ccccc43)C(COP(=O)(O)CP(=O)(O)O)O2)c(=O)[nH]1.CC(N)C(=O)N[C@H]1CC(n2cnc3c(=O)[nH]c(N)nc32)OC1COP(=O)(O)CP(=O)(O)O.[B][B]B([B])[B]. The number of alkyl carbamates (subject to hydrolysis) is 1. The second-order valence-electron chi connectivity index (χ2n) is 21.3. The van der Waals surface area contributed by atoms with Crippen molar-refractivity contribution in [3.05, 3.63) is 93.0 Å². The number of aromatic amines is 2. The van der Waals surface area contributed by atoms with Crippen LogP contribution in [0.3, 0.4) is 0 Å². The Morgan fingerprint density at radius 1 is 0.725 bits per heavy atom. The molecule has 0 spiro atoms. The lowest BCUT2D eigenvalue weighted by atomic mass is 8.97. The van der Waals surface area contributed by atoms with Gasteiger partial charge in [-0.05, 0) is 36.1 Å². The highest BCUT2D eigenvalue weighted by Gasteiger charge is 2.43. The summed E-state index contributed by atoms with van der Waals surface area (Å²) >= 11 is 0. The van der Waals surface area contributed by atoms with Crippen LogP contribution in [0.1, 0.15) is 70.0 Å². The molecule has 481 valence electrons. The number of rotatable bonds is 22. The first kappa shape index (κ1) is 71.9. The number of amides is 4. The van der Waals surface area contributed by atoms with E-state index in [1.54, 1.807) is 13.8 Å². The van der Waals surface area contributed by atoms with Gasteiger partial charge in [0.1, 0.15) is 37.3 Å². The molecule has 0 saturated carbocycles. The van der Waals surface area contributed by atoms with Gasteiger partial charge in [-0.1, -0.05) is 62.4 Å². The minimum absolute atomic E-state index is 0.000157. The van der Waals surface area contributed by atoms with Crippen LogP contribution in [-0.4, -0.2) is 197 Å². The van der Waals surface area contributed by atoms with E-state index in [9.17, 15) is 66.6 Å². The zero-order valence-electron chi connectivity index (χ0n) is 48.8. The zero-order chi connectivity index (χ0) is 67.1. The molecule has 1 aliphatic carbocycles. The summed E-state index contributed by atoms with van der Waals surface area (Å²) in [4.78, 5) is 153. The number of nitrogens with zero attached hydrogens (tertiary/aromatic N) is 6. The number of ether oxygens (including phenoxy) is 3. The van der Waals surface area contributed by atoms with Crippen molar-refractivity contribution in [3.63, 3.8) is 0 Å². The highest BCUT2D eigenvalue weighted by Crippen LogP contribution is 2.57. The third-order valence-corrected chi connectivity index (χ3v) is 20.6. The summed E-state index contributed by atoms with van der Waals surface area (Å²) < 4.78 is 77.0. The van der Waals surface area contributed by atoms with Crippen molar-refractivity contribution < 1.29 is 90.1 Å². The number of carbonyl (C=O) groups is 4. The lowest BCUT2D eigenvalue weighted by molar-refractivity contribution is -0.124. The van der Waals surface area contributed by atoms with Gasteiger partial charge in [0.2, 0.25) is 29.6 Å². The average molecular weight is 1340 g/mol. The molecule has 2 aromatic carbocycles. The number of nitrogens with two attached hydrogens (primary N) is 2. The molecule has 35 nitrogen and oxygen atoms in total. The summed E-state index contributed by atoms with van der Waals surface area (Å²) in [6, 6.07) is 11.9. The maximum absolute atomic E-state index is 13.4. The van der Waals surface area contributed by atoms with Crippen molar-refractivity contribution in [2.75, 3.05) is 42.7 Å². The first-order valence-corrected chi connectivity index (χ1v) is 34.5. The van der Waals surface area contributed by atoms with Crippen LogP contribution < -0.4 is 43.9 Å².